The van der Waals surface area contributed by atoms with Crippen LogP contribution in [0.25, 0.3) is 0 Å². The summed E-state index contributed by atoms with van der Waals surface area (Å²) in [5, 5.41) is 4.47. The average Bonchev–Trinajstić information content (AvgIpc) is 3.43. The quantitative estimate of drug-likeness (QED) is 0.284. The van der Waals surface area contributed by atoms with Crippen LogP contribution in [0.2, 0.25) is 5.02 Å². The summed E-state index contributed by atoms with van der Waals surface area (Å²) >= 11 is 6.47. The Bertz CT molecular complexity index is 2020. The standard InChI is InChI=1S/C40H50ClN5O5S/c1-6-34-32(22-45(4)42-34)39(48)44-52(49)26(3)25(2)9-7-11-36(50-5)31-15-12-29(31)21-46-23-40(18-8-10-27-19-30(41)14-16-33(27)40)24-51-37-17-13-28(20-35(37)46)38(47)43-52/h7,11,13-14,16-17,19-20,22,25-26,29,31,36H,6,8-10,12,15,18,21,23-24H2,1-5H3,(H,43,44,47,48,49)/b11-7+. The summed E-state index contributed by atoms with van der Waals surface area (Å²) in [5.41, 5.74) is 4.29. The number of amides is 2. The molecule has 1 N–H and O–H groups in total. The Morgan fingerprint density at radius 3 is 2.77 bits per heavy atom. The van der Waals surface area contributed by atoms with E-state index in [0.29, 0.717) is 60.4 Å². The third-order valence-electron chi connectivity index (χ3n) is 12.0. The Kier molecular flexibility index (Phi) is 10.3. The molecule has 1 saturated carbocycles. The molecule has 7 atom stereocenters. The highest BCUT2D eigenvalue weighted by Crippen LogP contribution is 2.47. The van der Waals surface area contributed by atoms with Crippen molar-refractivity contribution in [3.63, 3.8) is 0 Å². The van der Waals surface area contributed by atoms with Gasteiger partial charge in [-0.3, -0.25) is 19.0 Å². The second-order valence-electron chi connectivity index (χ2n) is 15.2. The first kappa shape index (κ1) is 36.7. The molecule has 3 heterocycles. The van der Waals surface area contributed by atoms with Crippen LogP contribution in [-0.2, 0) is 40.0 Å². The van der Waals surface area contributed by atoms with E-state index in [9.17, 15) is 13.8 Å². The SMILES string of the molecule is CCc1nn(C)cc1C(=O)NS1(=O)=NC(=O)c2ccc3c(c2)N(CC2CCC2C(OC)/C=C/CC(C)C1C)CC1(CCCc2cc(Cl)ccc21)CO3. The third-order valence-corrected chi connectivity index (χ3v) is 14.6. The summed E-state index contributed by atoms with van der Waals surface area (Å²) < 4.78 is 36.4. The minimum Gasteiger partial charge on any atom is -0.490 e. The van der Waals surface area contributed by atoms with Gasteiger partial charge in [-0.2, -0.15) is 5.10 Å². The molecule has 0 saturated heterocycles. The number of rotatable bonds is 4. The first-order valence-electron chi connectivity index (χ1n) is 18.6. The second-order valence-corrected chi connectivity index (χ2v) is 18.0. The Hall–Kier alpha value is -3.67. The first-order chi connectivity index (χ1) is 24.9. The fourth-order valence-electron chi connectivity index (χ4n) is 8.66. The maximum atomic E-state index is 14.9. The lowest BCUT2D eigenvalue weighted by atomic mass is 9.68. The number of aryl methyl sites for hydroxylation is 3. The van der Waals surface area contributed by atoms with Crippen molar-refractivity contribution in [1.82, 2.24) is 14.5 Å². The number of aromatic nitrogens is 2. The minimum atomic E-state index is -3.62. The van der Waals surface area contributed by atoms with E-state index in [-0.39, 0.29) is 17.4 Å². The number of benzene rings is 2. The van der Waals surface area contributed by atoms with Crippen LogP contribution >= 0.6 is 11.6 Å². The van der Waals surface area contributed by atoms with Crippen molar-refractivity contribution < 1.29 is 23.3 Å². The molecule has 2 aromatic carbocycles. The largest absolute Gasteiger partial charge is 0.490 e. The molecule has 7 unspecified atom stereocenters. The number of methoxy groups -OCH3 is 1. The van der Waals surface area contributed by atoms with Gasteiger partial charge in [0, 0.05) is 49.4 Å². The molecular weight excluding hydrogens is 698 g/mol. The molecular formula is C40H50ClN5O5S. The van der Waals surface area contributed by atoms with E-state index in [0.717, 1.165) is 49.4 Å². The molecule has 52 heavy (non-hydrogen) atoms. The molecule has 7 rings (SSSR count). The normalized spacial score (nSPS) is 30.9. The van der Waals surface area contributed by atoms with Gasteiger partial charge in [0.15, 0.2) is 0 Å². The van der Waals surface area contributed by atoms with E-state index in [1.165, 1.54) is 11.1 Å². The number of halogens is 1. The summed E-state index contributed by atoms with van der Waals surface area (Å²) in [7, 11) is -0.110. The van der Waals surface area contributed by atoms with Gasteiger partial charge in [0.25, 0.3) is 11.8 Å². The van der Waals surface area contributed by atoms with Crippen molar-refractivity contribution in [3.8, 4) is 5.75 Å². The molecule has 2 amide bonds. The van der Waals surface area contributed by atoms with Gasteiger partial charge in [0.2, 0.25) is 0 Å². The molecule has 1 spiro atoms. The highest BCUT2D eigenvalue weighted by atomic mass is 35.5. The van der Waals surface area contributed by atoms with Crippen LogP contribution in [0, 0.1) is 17.8 Å². The number of carbonyl (C=O) groups excluding carboxylic acids is 2. The molecule has 0 radical (unpaired) electrons. The van der Waals surface area contributed by atoms with Crippen molar-refractivity contribution in [2.75, 3.05) is 31.7 Å². The van der Waals surface area contributed by atoms with Crippen molar-refractivity contribution >= 4 is 39.0 Å². The summed E-state index contributed by atoms with van der Waals surface area (Å²) in [5.74, 6) is 0.0330. The van der Waals surface area contributed by atoms with Crippen LogP contribution in [0.5, 0.6) is 5.75 Å². The lowest BCUT2D eigenvalue weighted by molar-refractivity contribution is 0.0131. The van der Waals surface area contributed by atoms with Crippen LogP contribution in [-0.4, -0.2) is 64.0 Å². The van der Waals surface area contributed by atoms with Crippen molar-refractivity contribution in [1.29, 1.82) is 0 Å². The summed E-state index contributed by atoms with van der Waals surface area (Å²) in [6.45, 7) is 7.67. The molecule has 4 aliphatic rings. The van der Waals surface area contributed by atoms with Gasteiger partial charge >= 0.3 is 0 Å². The number of hydrogen-bond acceptors (Lipinski definition) is 7. The maximum absolute atomic E-state index is 14.9. The van der Waals surface area contributed by atoms with Crippen LogP contribution in [0.3, 0.4) is 0 Å². The van der Waals surface area contributed by atoms with E-state index in [4.69, 9.17) is 21.1 Å². The lowest BCUT2D eigenvalue weighted by Crippen LogP contribution is -2.49. The molecule has 2 aliphatic carbocycles. The average molecular weight is 748 g/mol. The van der Waals surface area contributed by atoms with Gasteiger partial charge in [-0.25, -0.2) is 4.21 Å². The summed E-state index contributed by atoms with van der Waals surface area (Å²) in [6.07, 6.45) is 12.0. The zero-order valence-corrected chi connectivity index (χ0v) is 32.3. The van der Waals surface area contributed by atoms with Gasteiger partial charge in [-0.15, -0.1) is 4.36 Å². The van der Waals surface area contributed by atoms with Crippen LogP contribution in [0.15, 0.2) is 59.1 Å². The predicted octanol–water partition coefficient (Wildman–Crippen LogP) is 7.09. The molecule has 2 aliphatic heterocycles. The van der Waals surface area contributed by atoms with E-state index >= 15 is 0 Å². The van der Waals surface area contributed by atoms with Gasteiger partial charge < -0.3 is 14.4 Å². The van der Waals surface area contributed by atoms with E-state index in [1.54, 1.807) is 38.0 Å². The van der Waals surface area contributed by atoms with Crippen molar-refractivity contribution in [2.24, 2.45) is 29.2 Å². The lowest BCUT2D eigenvalue weighted by Gasteiger charge is -2.46. The fraction of sp³-hybridized carbons (Fsp3) is 0.525. The number of anilines is 1. The number of nitrogens with one attached hydrogen (secondary N) is 1. The van der Waals surface area contributed by atoms with Crippen LogP contribution < -0.4 is 14.4 Å². The number of allylic oxidation sites excluding steroid dienone is 1. The summed E-state index contributed by atoms with van der Waals surface area (Å²) in [6, 6.07) is 11.6. The zero-order valence-electron chi connectivity index (χ0n) is 30.8. The van der Waals surface area contributed by atoms with Gasteiger partial charge in [0.05, 0.1) is 34.9 Å². The number of carbonyl (C=O) groups is 2. The number of ether oxygens (including phenoxy) is 2. The Balaban J connectivity index is 1.33. The Morgan fingerprint density at radius 1 is 1.19 bits per heavy atom. The highest BCUT2D eigenvalue weighted by Gasteiger charge is 2.44. The van der Waals surface area contributed by atoms with Crippen molar-refractivity contribution in [3.05, 3.63) is 87.7 Å². The molecule has 2 bridgehead atoms. The van der Waals surface area contributed by atoms with Crippen molar-refractivity contribution in [2.45, 2.75) is 82.5 Å². The second kappa shape index (κ2) is 14.6. The van der Waals surface area contributed by atoms with E-state index < -0.39 is 27.0 Å². The fourth-order valence-corrected chi connectivity index (χ4v) is 10.7. The molecule has 1 fully saturated rings. The Morgan fingerprint density at radius 2 is 2.02 bits per heavy atom. The monoisotopic (exact) mass is 747 g/mol. The first-order valence-corrected chi connectivity index (χ1v) is 20.5. The van der Waals surface area contributed by atoms with Crippen LogP contribution in [0.4, 0.5) is 5.69 Å². The van der Waals surface area contributed by atoms with Crippen LogP contribution in [0.1, 0.15) is 90.4 Å². The molecule has 278 valence electrons. The molecule has 12 heteroatoms. The van der Waals surface area contributed by atoms with Gasteiger partial charge in [-0.1, -0.05) is 43.7 Å². The summed E-state index contributed by atoms with van der Waals surface area (Å²) in [4.78, 5) is 30.3. The topological polar surface area (TPSA) is 115 Å². The van der Waals surface area contributed by atoms with Gasteiger partial charge in [0.1, 0.15) is 15.7 Å². The predicted molar refractivity (Wildman–Crippen MR) is 205 cm³/mol. The van der Waals surface area contributed by atoms with E-state index in [1.807, 2.05) is 32.0 Å². The van der Waals surface area contributed by atoms with E-state index in [2.05, 4.69) is 43.4 Å². The number of nitrogens with zero attached hydrogens (tertiary/aromatic N) is 4. The third kappa shape index (κ3) is 6.92. The molecule has 10 nitrogen and oxygen atoms in total. The highest BCUT2D eigenvalue weighted by molar-refractivity contribution is 7.93. The minimum absolute atomic E-state index is 0.0666. The smallest absolute Gasteiger partial charge is 0.286 e. The maximum Gasteiger partial charge on any atom is 0.286 e. The molecule has 3 aromatic rings. The number of fused-ring (bicyclic) bond motifs is 4. The van der Waals surface area contributed by atoms with Gasteiger partial charge in [-0.05, 0) is 111 Å². The zero-order chi connectivity index (χ0) is 36.8. The Labute approximate surface area is 312 Å². The molecule has 1 aromatic heterocycles. The number of hydrogen-bond donors (Lipinski definition) is 1.